The molecule has 7 heteroatoms. The van der Waals surface area contributed by atoms with Gasteiger partial charge in [-0.1, -0.05) is 24.3 Å². The van der Waals surface area contributed by atoms with Gasteiger partial charge in [0, 0.05) is 26.4 Å². The van der Waals surface area contributed by atoms with E-state index in [4.69, 9.17) is 0 Å². The molecule has 0 unspecified atom stereocenters. The Balaban J connectivity index is 2.11. The van der Waals surface area contributed by atoms with E-state index in [1.165, 1.54) is 29.2 Å². The summed E-state index contributed by atoms with van der Waals surface area (Å²) in [5.41, 5.74) is 0.822. The Morgan fingerprint density at radius 3 is 2.30 bits per heavy atom. The zero-order chi connectivity index (χ0) is 20.0. The van der Waals surface area contributed by atoms with Crippen molar-refractivity contribution in [2.45, 2.75) is 24.7 Å². The molecule has 0 aromatic heterocycles. The van der Waals surface area contributed by atoms with Crippen LogP contribution < -0.4 is 0 Å². The molecule has 6 nitrogen and oxygen atoms in total. The zero-order valence-corrected chi connectivity index (χ0v) is 16.2. The van der Waals surface area contributed by atoms with Crippen LogP contribution in [0.4, 0.5) is 0 Å². The minimum atomic E-state index is -3.78. The molecule has 0 radical (unpaired) electrons. The Hall–Kier alpha value is -2.67. The quantitative estimate of drug-likeness (QED) is 0.749. The third kappa shape index (κ3) is 5.40. The van der Waals surface area contributed by atoms with E-state index in [-0.39, 0.29) is 46.5 Å². The van der Waals surface area contributed by atoms with Crippen LogP contribution in [0.5, 0.6) is 5.75 Å². The third-order valence-corrected chi connectivity index (χ3v) is 6.03. The van der Waals surface area contributed by atoms with Crippen LogP contribution in [-0.2, 0) is 21.1 Å². The second-order valence-electron chi connectivity index (χ2n) is 6.27. The van der Waals surface area contributed by atoms with Gasteiger partial charge in [-0.3, -0.25) is 9.59 Å². The average molecular weight is 389 g/mol. The molecule has 2 rings (SSSR count). The van der Waals surface area contributed by atoms with Gasteiger partial charge >= 0.3 is 0 Å². The van der Waals surface area contributed by atoms with Crippen molar-refractivity contribution in [2.75, 3.05) is 19.3 Å². The van der Waals surface area contributed by atoms with E-state index >= 15 is 0 Å². The van der Waals surface area contributed by atoms with Gasteiger partial charge in [0.15, 0.2) is 9.84 Å². The highest BCUT2D eigenvalue weighted by Gasteiger charge is 2.24. The first-order chi connectivity index (χ1) is 12.7. The van der Waals surface area contributed by atoms with Gasteiger partial charge in [0.1, 0.15) is 11.5 Å². The fraction of sp³-hybridized carbons (Fsp3) is 0.300. The largest absolute Gasteiger partial charge is 0.508 e. The average Bonchev–Trinajstić information content (AvgIpc) is 2.67. The number of benzene rings is 2. The second kappa shape index (κ2) is 8.81. The van der Waals surface area contributed by atoms with E-state index in [2.05, 4.69) is 0 Å². The van der Waals surface area contributed by atoms with Crippen LogP contribution in [-0.4, -0.2) is 49.5 Å². The van der Waals surface area contributed by atoms with Crippen molar-refractivity contribution in [2.24, 2.45) is 0 Å². The Labute approximate surface area is 159 Å². The number of phenolic OH excluding ortho intramolecular Hbond substituents is 1. The lowest BCUT2D eigenvalue weighted by Crippen LogP contribution is -2.28. The number of phenols is 1. The molecular weight excluding hydrogens is 366 g/mol. The van der Waals surface area contributed by atoms with Crippen LogP contribution >= 0.6 is 0 Å². The molecule has 0 fully saturated rings. The van der Waals surface area contributed by atoms with Crippen molar-refractivity contribution in [1.82, 2.24) is 4.90 Å². The smallest absolute Gasteiger partial charge is 0.254 e. The number of Topliss-reactive ketones (excluding diaryl/α,β-unsaturated/α-hetero) is 1. The Morgan fingerprint density at radius 1 is 1.04 bits per heavy atom. The van der Waals surface area contributed by atoms with E-state index in [9.17, 15) is 23.1 Å². The molecule has 1 amide bonds. The highest BCUT2D eigenvalue weighted by molar-refractivity contribution is 7.91. The molecule has 2 aromatic carbocycles. The summed E-state index contributed by atoms with van der Waals surface area (Å²) >= 11 is 0. The first-order valence-electron chi connectivity index (χ1n) is 8.61. The molecule has 0 aliphatic heterocycles. The number of hydrogen-bond donors (Lipinski definition) is 1. The van der Waals surface area contributed by atoms with Gasteiger partial charge in [-0.15, -0.1) is 0 Å². The van der Waals surface area contributed by atoms with Gasteiger partial charge in [-0.25, -0.2) is 8.42 Å². The standard InChI is InChI=1S/C20H23NO5S/c1-3-21(2)20(24)18-6-4-5-7-19(18)27(25,26)13-12-17(23)14-15-8-10-16(22)11-9-15/h4-11,22H,3,12-14H2,1-2H3. The predicted molar refractivity (Wildman–Crippen MR) is 103 cm³/mol. The highest BCUT2D eigenvalue weighted by Crippen LogP contribution is 2.20. The summed E-state index contributed by atoms with van der Waals surface area (Å²) in [6.07, 6.45) is -0.0513. The molecule has 0 saturated heterocycles. The summed E-state index contributed by atoms with van der Waals surface area (Å²) in [7, 11) is -2.18. The summed E-state index contributed by atoms with van der Waals surface area (Å²) in [6, 6.07) is 12.3. The van der Waals surface area contributed by atoms with Gasteiger partial charge in [0.2, 0.25) is 0 Å². The SMILES string of the molecule is CCN(C)C(=O)c1ccccc1S(=O)(=O)CCC(=O)Cc1ccc(O)cc1. The Morgan fingerprint density at radius 2 is 1.67 bits per heavy atom. The molecular formula is C20H23NO5S. The van der Waals surface area contributed by atoms with E-state index in [1.807, 2.05) is 0 Å². The van der Waals surface area contributed by atoms with Gasteiger partial charge < -0.3 is 10.0 Å². The molecule has 144 valence electrons. The van der Waals surface area contributed by atoms with Crippen molar-refractivity contribution in [3.05, 3.63) is 59.7 Å². The van der Waals surface area contributed by atoms with E-state index in [1.54, 1.807) is 38.2 Å². The van der Waals surface area contributed by atoms with Gasteiger partial charge in [0.25, 0.3) is 5.91 Å². The third-order valence-electron chi connectivity index (χ3n) is 4.26. The minimum absolute atomic E-state index is 0.0484. The van der Waals surface area contributed by atoms with Crippen LogP contribution in [0.25, 0.3) is 0 Å². The number of amides is 1. The number of ketones is 1. The summed E-state index contributed by atoms with van der Waals surface area (Å²) in [5.74, 6) is -0.845. The number of hydrogen-bond acceptors (Lipinski definition) is 5. The normalized spacial score (nSPS) is 11.2. The van der Waals surface area contributed by atoms with E-state index < -0.39 is 9.84 Å². The van der Waals surface area contributed by atoms with Crippen molar-refractivity contribution in [1.29, 1.82) is 0 Å². The maximum atomic E-state index is 12.7. The number of carbonyl (C=O) groups excluding carboxylic acids is 2. The first kappa shape index (κ1) is 20.6. The van der Waals surface area contributed by atoms with Gasteiger partial charge in [-0.2, -0.15) is 0 Å². The van der Waals surface area contributed by atoms with Crippen molar-refractivity contribution >= 4 is 21.5 Å². The van der Waals surface area contributed by atoms with Crippen molar-refractivity contribution in [3.8, 4) is 5.75 Å². The molecule has 0 atom stereocenters. The van der Waals surface area contributed by atoms with Gasteiger partial charge in [0.05, 0.1) is 16.2 Å². The Kier molecular flexibility index (Phi) is 6.74. The molecule has 0 spiro atoms. The Bertz CT molecular complexity index is 920. The lowest BCUT2D eigenvalue weighted by atomic mass is 10.1. The van der Waals surface area contributed by atoms with Crippen molar-refractivity contribution in [3.63, 3.8) is 0 Å². The maximum Gasteiger partial charge on any atom is 0.254 e. The molecule has 0 aliphatic carbocycles. The molecule has 0 aliphatic rings. The predicted octanol–water partition coefficient (Wildman–Crippen LogP) is 2.46. The topological polar surface area (TPSA) is 91.8 Å². The number of rotatable bonds is 8. The number of carbonyl (C=O) groups is 2. The van der Waals surface area contributed by atoms with E-state index in [0.717, 1.165) is 0 Å². The van der Waals surface area contributed by atoms with Crippen LogP contribution in [0.2, 0.25) is 0 Å². The van der Waals surface area contributed by atoms with Crippen LogP contribution in [0.15, 0.2) is 53.4 Å². The lowest BCUT2D eigenvalue weighted by Gasteiger charge is -2.17. The number of sulfone groups is 1. The summed E-state index contributed by atoms with van der Waals surface area (Å²) in [5, 5.41) is 9.26. The fourth-order valence-electron chi connectivity index (χ4n) is 2.55. The molecule has 0 heterocycles. The van der Waals surface area contributed by atoms with E-state index in [0.29, 0.717) is 12.1 Å². The highest BCUT2D eigenvalue weighted by atomic mass is 32.2. The monoisotopic (exact) mass is 389 g/mol. The van der Waals surface area contributed by atoms with Crippen LogP contribution in [0.3, 0.4) is 0 Å². The van der Waals surface area contributed by atoms with Gasteiger partial charge in [-0.05, 0) is 36.8 Å². The molecule has 2 aromatic rings. The summed E-state index contributed by atoms with van der Waals surface area (Å²) in [4.78, 5) is 26.0. The second-order valence-corrected chi connectivity index (χ2v) is 8.34. The lowest BCUT2D eigenvalue weighted by molar-refractivity contribution is -0.118. The van der Waals surface area contributed by atoms with Crippen LogP contribution in [0.1, 0.15) is 29.3 Å². The number of aromatic hydroxyl groups is 1. The first-order valence-corrected chi connectivity index (χ1v) is 10.3. The molecule has 1 N–H and O–H groups in total. The fourth-order valence-corrected chi connectivity index (χ4v) is 4.04. The van der Waals surface area contributed by atoms with Crippen LogP contribution in [0, 0.1) is 0 Å². The molecule has 0 saturated carbocycles. The number of nitrogens with zero attached hydrogens (tertiary/aromatic N) is 1. The van der Waals surface area contributed by atoms with Crippen molar-refractivity contribution < 1.29 is 23.1 Å². The molecule has 0 bridgehead atoms. The minimum Gasteiger partial charge on any atom is -0.508 e. The summed E-state index contributed by atoms with van der Waals surface area (Å²) in [6.45, 7) is 2.26. The molecule has 27 heavy (non-hydrogen) atoms. The summed E-state index contributed by atoms with van der Waals surface area (Å²) < 4.78 is 25.4. The maximum absolute atomic E-state index is 12.7. The zero-order valence-electron chi connectivity index (χ0n) is 15.4.